The molecule has 0 spiro atoms. The molecule has 10 amide bonds. The summed E-state index contributed by atoms with van der Waals surface area (Å²) in [6, 6.07) is -2.56. The standard InChI is InChI=1S/C41H67N17O11S2/c1-22(59)50-18-32(62)54-30-21-71-70-20-29(35(65)51-17-31(43)61)58-37(67)27(8-5-15-49-41(46)47)56-38(68)28(16-23-9-11-24(60)12-10-23)53-33(63)19-52-34(64)25(7-4-14-48-40(44)45)55-36(66)26(57-39(30)69)6-2-3-13-42/h9-12,25-30,60H,2-8,13-21,42H2,1H3,(H2,43,61)(H,50,59)(H,51,65)(H,52,64)(H,53,63)(H,54,62)(H,55,66)(H,56,68)(H,57,69)(H,58,67)(H4,44,45,48)(H4,46,47,49)/t25-,26-,27-,28-,29-,30-/m0/s1. The normalized spacial score (nSPS) is 21.0. The molecular weight excluding hydrogens is 971 g/mol. The Bertz CT molecular complexity index is 2060. The number of amides is 10. The fourth-order valence-corrected chi connectivity index (χ4v) is 8.68. The molecule has 1 heterocycles. The number of hydrogen-bond donors (Lipinski definition) is 16. The van der Waals surface area contributed by atoms with Crippen LogP contribution >= 0.6 is 21.6 Å². The molecule has 1 aliphatic heterocycles. The van der Waals surface area contributed by atoms with Crippen molar-refractivity contribution in [3.8, 4) is 5.75 Å². The van der Waals surface area contributed by atoms with Crippen LogP contribution in [0.2, 0.25) is 0 Å². The van der Waals surface area contributed by atoms with E-state index >= 15 is 0 Å². The van der Waals surface area contributed by atoms with Crippen LogP contribution in [0.15, 0.2) is 34.3 Å². The molecule has 1 aromatic carbocycles. The van der Waals surface area contributed by atoms with E-state index in [9.17, 15) is 53.1 Å². The van der Waals surface area contributed by atoms with Gasteiger partial charge in [-0.1, -0.05) is 33.7 Å². The molecule has 1 aromatic rings. The van der Waals surface area contributed by atoms with Crippen LogP contribution in [0, 0.1) is 0 Å². The maximum atomic E-state index is 14.2. The molecule has 30 heteroatoms. The van der Waals surface area contributed by atoms with Crippen molar-refractivity contribution in [3.05, 3.63) is 29.8 Å². The summed E-state index contributed by atoms with van der Waals surface area (Å²) in [5, 5.41) is 32.5. The third-order valence-electron chi connectivity index (χ3n) is 9.96. The van der Waals surface area contributed by atoms with Crippen molar-refractivity contribution in [1.82, 2.24) is 47.9 Å². The Morgan fingerprint density at radius 3 is 1.76 bits per heavy atom. The number of phenols is 1. The van der Waals surface area contributed by atoms with Gasteiger partial charge in [0, 0.05) is 37.9 Å². The van der Waals surface area contributed by atoms with Gasteiger partial charge in [-0.15, -0.1) is 0 Å². The molecular formula is C41H67N17O11S2. The third-order valence-corrected chi connectivity index (χ3v) is 12.4. The lowest BCUT2D eigenvalue weighted by atomic mass is 10.0. The summed E-state index contributed by atoms with van der Waals surface area (Å²) in [6.45, 7) is -0.355. The van der Waals surface area contributed by atoms with Crippen LogP contribution in [-0.2, 0) is 54.4 Å². The van der Waals surface area contributed by atoms with E-state index in [0.29, 0.717) is 18.4 Å². The number of carbonyl (C=O) groups excluding carboxylic acids is 10. The fourth-order valence-electron chi connectivity index (χ4n) is 6.35. The number of primary amides is 1. The number of benzene rings is 1. The zero-order valence-corrected chi connectivity index (χ0v) is 40.9. The minimum Gasteiger partial charge on any atom is -0.508 e. The Hall–Kier alpha value is -7.08. The molecule has 0 unspecified atom stereocenters. The molecule has 394 valence electrons. The van der Waals surface area contributed by atoms with Crippen LogP contribution in [0.25, 0.3) is 0 Å². The Labute approximate surface area is 417 Å². The average Bonchev–Trinajstić information content (AvgIpc) is 3.31. The molecule has 2 rings (SSSR count). The van der Waals surface area contributed by atoms with Gasteiger partial charge in [0.1, 0.15) is 42.0 Å². The summed E-state index contributed by atoms with van der Waals surface area (Å²) in [5.74, 6) is -9.23. The molecule has 22 N–H and O–H groups in total. The highest BCUT2D eigenvalue weighted by Gasteiger charge is 2.33. The van der Waals surface area contributed by atoms with E-state index in [1.807, 2.05) is 0 Å². The van der Waals surface area contributed by atoms with Crippen molar-refractivity contribution < 1.29 is 53.1 Å². The Morgan fingerprint density at radius 1 is 0.662 bits per heavy atom. The summed E-state index contributed by atoms with van der Waals surface area (Å²) in [4.78, 5) is 141. The van der Waals surface area contributed by atoms with Gasteiger partial charge in [-0.25, -0.2) is 0 Å². The Kier molecular flexibility index (Phi) is 27.6. The van der Waals surface area contributed by atoms with Gasteiger partial charge in [-0.3, -0.25) is 57.9 Å². The maximum Gasteiger partial charge on any atom is 0.244 e. The first-order chi connectivity index (χ1) is 33.7. The Balaban J connectivity index is 2.71. The zero-order chi connectivity index (χ0) is 52.9. The fraction of sp³-hybridized carbons (Fsp3) is 0.561. The predicted octanol–water partition coefficient (Wildman–Crippen LogP) is -6.67. The zero-order valence-electron chi connectivity index (χ0n) is 39.3. The molecule has 71 heavy (non-hydrogen) atoms. The van der Waals surface area contributed by atoms with Crippen LogP contribution in [0.4, 0.5) is 0 Å². The second-order valence-electron chi connectivity index (χ2n) is 15.9. The van der Waals surface area contributed by atoms with E-state index in [4.69, 9.17) is 34.4 Å². The first kappa shape index (κ1) is 60.0. The quantitative estimate of drug-likeness (QED) is 0.0250. The predicted molar refractivity (Wildman–Crippen MR) is 265 cm³/mol. The van der Waals surface area contributed by atoms with E-state index < -0.39 is 115 Å². The number of carbonyl (C=O) groups is 10. The van der Waals surface area contributed by atoms with Gasteiger partial charge in [0.05, 0.1) is 19.6 Å². The van der Waals surface area contributed by atoms with Gasteiger partial charge in [-0.2, -0.15) is 0 Å². The highest BCUT2D eigenvalue weighted by molar-refractivity contribution is 8.76. The molecule has 0 radical (unpaired) electrons. The van der Waals surface area contributed by atoms with Crippen molar-refractivity contribution in [1.29, 1.82) is 0 Å². The van der Waals surface area contributed by atoms with E-state index in [2.05, 4.69) is 57.8 Å². The van der Waals surface area contributed by atoms with Gasteiger partial charge < -0.3 is 87.4 Å². The molecule has 0 bridgehead atoms. The highest BCUT2D eigenvalue weighted by atomic mass is 33.1. The monoisotopic (exact) mass is 1040 g/mol. The number of rotatable bonds is 20. The van der Waals surface area contributed by atoms with E-state index in [0.717, 1.165) is 21.6 Å². The van der Waals surface area contributed by atoms with Crippen LogP contribution in [0.3, 0.4) is 0 Å². The molecule has 1 aliphatic rings. The molecule has 0 aromatic heterocycles. The molecule has 28 nitrogen and oxygen atoms in total. The van der Waals surface area contributed by atoms with Gasteiger partial charge in [-0.05, 0) is 69.2 Å². The molecule has 1 fully saturated rings. The van der Waals surface area contributed by atoms with Crippen LogP contribution < -0.4 is 82.3 Å². The highest BCUT2D eigenvalue weighted by Crippen LogP contribution is 2.24. The summed E-state index contributed by atoms with van der Waals surface area (Å²) >= 11 is 0. The number of nitrogens with one attached hydrogen (secondary N) is 9. The van der Waals surface area contributed by atoms with Crippen LogP contribution in [0.5, 0.6) is 5.75 Å². The number of unbranched alkanes of at least 4 members (excludes halogenated alkanes) is 1. The number of guanidine groups is 2. The lowest BCUT2D eigenvalue weighted by molar-refractivity contribution is -0.134. The second-order valence-corrected chi connectivity index (χ2v) is 18.5. The van der Waals surface area contributed by atoms with Crippen molar-refractivity contribution in [3.63, 3.8) is 0 Å². The van der Waals surface area contributed by atoms with Crippen molar-refractivity contribution >= 4 is 92.6 Å². The summed E-state index contributed by atoms with van der Waals surface area (Å²) in [5.41, 5.74) is 33.3. The second kappa shape index (κ2) is 32.7. The third kappa shape index (κ3) is 25.4. The lowest BCUT2D eigenvalue weighted by Gasteiger charge is -2.25. The minimum absolute atomic E-state index is 0.0185. The van der Waals surface area contributed by atoms with E-state index in [1.54, 1.807) is 0 Å². The van der Waals surface area contributed by atoms with Gasteiger partial charge >= 0.3 is 0 Å². The summed E-state index contributed by atoms with van der Waals surface area (Å²) in [7, 11) is 1.92. The number of nitrogens with two attached hydrogens (primary N) is 6. The number of aliphatic imine (C=N–C) groups is 2. The topological polar surface area (TPSA) is 480 Å². The van der Waals surface area contributed by atoms with Crippen molar-refractivity contribution in [2.24, 2.45) is 44.4 Å². The first-order valence-corrected chi connectivity index (χ1v) is 24.9. The van der Waals surface area contributed by atoms with Crippen LogP contribution in [-0.4, -0.2) is 163 Å². The van der Waals surface area contributed by atoms with Gasteiger partial charge in [0.15, 0.2) is 11.9 Å². The number of nitrogens with zero attached hydrogens (tertiary/aromatic N) is 2. The van der Waals surface area contributed by atoms with Gasteiger partial charge in [0.25, 0.3) is 0 Å². The molecule has 0 aliphatic carbocycles. The number of hydrogen-bond acceptors (Lipinski definition) is 16. The number of aromatic hydroxyl groups is 1. The summed E-state index contributed by atoms with van der Waals surface area (Å²) < 4.78 is 0. The summed E-state index contributed by atoms with van der Waals surface area (Å²) in [6.07, 6.45) is 0.722. The average molecular weight is 1040 g/mol. The molecule has 1 saturated heterocycles. The first-order valence-electron chi connectivity index (χ1n) is 22.4. The maximum absolute atomic E-state index is 14.2. The lowest BCUT2D eigenvalue weighted by Crippen LogP contribution is -2.59. The van der Waals surface area contributed by atoms with E-state index in [-0.39, 0.29) is 87.3 Å². The SMILES string of the molecule is CC(=O)NCC(=O)N[C@H]1CSSC[C@@H](C(=O)NCC(N)=O)NC(=O)[C@H](CCCN=C(N)N)NC(=O)[C@H](Cc2ccc(O)cc2)NC(=O)CNC(=O)[C@H](CCCN=C(N)N)NC(=O)[C@H](CCCCN)NC1=O. The van der Waals surface area contributed by atoms with Crippen molar-refractivity contribution in [2.75, 3.05) is 50.8 Å². The smallest absolute Gasteiger partial charge is 0.244 e. The van der Waals surface area contributed by atoms with Crippen LogP contribution in [0.1, 0.15) is 57.4 Å². The largest absolute Gasteiger partial charge is 0.508 e. The van der Waals surface area contributed by atoms with E-state index in [1.165, 1.54) is 31.2 Å². The molecule has 0 saturated carbocycles. The molecule has 6 atom stereocenters. The van der Waals surface area contributed by atoms with Gasteiger partial charge in [0.2, 0.25) is 59.1 Å². The van der Waals surface area contributed by atoms with Crippen molar-refractivity contribution in [2.45, 2.75) is 94.5 Å². The minimum atomic E-state index is -1.42. The number of phenolic OH excluding ortho intramolecular Hbond substituents is 1. The Morgan fingerprint density at radius 2 is 1.20 bits per heavy atom.